The van der Waals surface area contributed by atoms with E-state index < -0.39 is 5.97 Å². The van der Waals surface area contributed by atoms with Crippen molar-refractivity contribution in [3.8, 4) is 17.2 Å². The van der Waals surface area contributed by atoms with Gasteiger partial charge in [0.05, 0.1) is 13.2 Å². The van der Waals surface area contributed by atoms with Crippen molar-refractivity contribution in [1.29, 1.82) is 0 Å². The zero-order valence-corrected chi connectivity index (χ0v) is 20.6. The van der Waals surface area contributed by atoms with Gasteiger partial charge in [-0.3, -0.25) is 0 Å². The summed E-state index contributed by atoms with van der Waals surface area (Å²) < 4.78 is 17.2. The number of para-hydroxylation sites is 2. The molecule has 0 bridgehead atoms. The van der Waals surface area contributed by atoms with Crippen LogP contribution in [0.3, 0.4) is 0 Å². The number of carboxylic acids is 1. The van der Waals surface area contributed by atoms with Crippen LogP contribution in [-0.4, -0.2) is 36.6 Å². The molecule has 0 amide bonds. The molecular weight excluding hydrogens is 448 g/mol. The number of carboxylic acid groups (broad SMARTS) is 1. The Morgan fingerprint density at radius 2 is 1.44 bits per heavy atom. The minimum absolute atomic E-state index is 0.349. The number of carbonyl (C=O) groups is 1. The van der Waals surface area contributed by atoms with E-state index in [0.29, 0.717) is 19.0 Å². The topological polar surface area (TPSA) is 65.0 Å². The van der Waals surface area contributed by atoms with Crippen LogP contribution >= 0.6 is 11.8 Å². The first-order chi connectivity index (χ1) is 16.5. The third-order valence-corrected chi connectivity index (χ3v) is 5.91. The number of rotatable bonds is 12. The Morgan fingerprint density at radius 1 is 0.853 bits per heavy atom. The van der Waals surface area contributed by atoms with E-state index in [1.54, 1.807) is 11.8 Å². The highest BCUT2D eigenvalue weighted by molar-refractivity contribution is 7.99. The SMILES string of the molecule is CCOc1ccccc1C(=CCSc1ccc(OCC(=O)O)c(C)c1)c1ccccc1OCC. The highest BCUT2D eigenvalue weighted by atomic mass is 32.2. The molecule has 178 valence electrons. The largest absolute Gasteiger partial charge is 0.493 e. The van der Waals surface area contributed by atoms with Gasteiger partial charge in [0.2, 0.25) is 0 Å². The number of aliphatic carboxylic acids is 1. The normalized spacial score (nSPS) is 10.4. The standard InChI is InChI=1S/C28H30O5S/c1-4-31-26-12-8-6-10-23(26)22(24-11-7-9-13-27(24)32-5-2)16-17-34-21-14-15-25(20(3)18-21)33-19-28(29)30/h6-16,18H,4-5,17,19H2,1-3H3,(H,29,30). The van der Waals surface area contributed by atoms with Crippen LogP contribution in [0, 0.1) is 6.92 Å². The fraction of sp³-hybridized carbons (Fsp3) is 0.250. The molecule has 6 heteroatoms. The average molecular weight is 479 g/mol. The van der Waals surface area contributed by atoms with Crippen molar-refractivity contribution in [2.24, 2.45) is 0 Å². The highest BCUT2D eigenvalue weighted by Crippen LogP contribution is 2.37. The zero-order valence-electron chi connectivity index (χ0n) is 19.7. The second-order valence-electron chi connectivity index (χ2n) is 7.40. The second kappa shape index (κ2) is 12.8. The van der Waals surface area contributed by atoms with Crippen LogP contribution in [0.2, 0.25) is 0 Å². The van der Waals surface area contributed by atoms with Crippen LogP contribution in [0.4, 0.5) is 0 Å². The van der Waals surface area contributed by atoms with Gasteiger partial charge in [0.15, 0.2) is 6.61 Å². The van der Waals surface area contributed by atoms with Crippen molar-refractivity contribution in [2.45, 2.75) is 25.7 Å². The van der Waals surface area contributed by atoms with E-state index in [-0.39, 0.29) is 6.61 Å². The first-order valence-electron chi connectivity index (χ1n) is 11.3. The van der Waals surface area contributed by atoms with E-state index in [1.807, 2.05) is 75.4 Å². The van der Waals surface area contributed by atoms with Crippen molar-refractivity contribution in [1.82, 2.24) is 0 Å². The van der Waals surface area contributed by atoms with Crippen molar-refractivity contribution < 1.29 is 24.1 Å². The summed E-state index contributed by atoms with van der Waals surface area (Å²) in [5, 5.41) is 8.83. The molecule has 3 rings (SSSR count). The van der Waals surface area contributed by atoms with Gasteiger partial charge < -0.3 is 19.3 Å². The monoisotopic (exact) mass is 478 g/mol. The first kappa shape index (κ1) is 25.2. The predicted octanol–water partition coefficient (Wildman–Crippen LogP) is 6.48. The molecule has 0 heterocycles. The number of hydrogen-bond acceptors (Lipinski definition) is 5. The minimum atomic E-state index is -0.991. The highest BCUT2D eigenvalue weighted by Gasteiger charge is 2.15. The maximum atomic E-state index is 10.8. The van der Waals surface area contributed by atoms with Crippen molar-refractivity contribution in [3.63, 3.8) is 0 Å². The van der Waals surface area contributed by atoms with E-state index in [1.165, 1.54) is 0 Å². The van der Waals surface area contributed by atoms with Gasteiger partial charge in [-0.05, 0) is 62.2 Å². The van der Waals surface area contributed by atoms with Gasteiger partial charge in [-0.1, -0.05) is 42.5 Å². The van der Waals surface area contributed by atoms with Crippen LogP contribution in [0.5, 0.6) is 17.2 Å². The lowest BCUT2D eigenvalue weighted by Crippen LogP contribution is -2.09. The summed E-state index contributed by atoms with van der Waals surface area (Å²) in [7, 11) is 0. The molecule has 0 atom stereocenters. The van der Waals surface area contributed by atoms with Gasteiger partial charge in [0.1, 0.15) is 17.2 Å². The Kier molecular flexibility index (Phi) is 9.47. The molecule has 3 aromatic carbocycles. The number of aryl methyl sites for hydroxylation is 1. The maximum absolute atomic E-state index is 10.8. The summed E-state index contributed by atoms with van der Waals surface area (Å²) in [5.74, 6) is 1.99. The molecule has 0 aliphatic rings. The third kappa shape index (κ3) is 6.81. The molecule has 0 radical (unpaired) electrons. The first-order valence-corrected chi connectivity index (χ1v) is 12.2. The van der Waals surface area contributed by atoms with E-state index in [0.717, 1.165) is 44.4 Å². The summed E-state index contributed by atoms with van der Waals surface area (Å²) in [4.78, 5) is 11.8. The fourth-order valence-corrected chi connectivity index (χ4v) is 4.41. The van der Waals surface area contributed by atoms with Crippen molar-refractivity contribution in [3.05, 3.63) is 89.5 Å². The Bertz CT molecular complexity index is 1090. The lowest BCUT2D eigenvalue weighted by molar-refractivity contribution is -0.139. The van der Waals surface area contributed by atoms with Crippen LogP contribution in [-0.2, 0) is 4.79 Å². The molecule has 0 saturated heterocycles. The van der Waals surface area contributed by atoms with Crippen molar-refractivity contribution >= 4 is 23.3 Å². The van der Waals surface area contributed by atoms with E-state index in [4.69, 9.17) is 19.3 Å². The van der Waals surface area contributed by atoms with Crippen molar-refractivity contribution in [2.75, 3.05) is 25.6 Å². The fourth-order valence-electron chi connectivity index (χ4n) is 3.54. The Hall–Kier alpha value is -3.38. The van der Waals surface area contributed by atoms with Crippen LogP contribution in [0.1, 0.15) is 30.5 Å². The summed E-state index contributed by atoms with van der Waals surface area (Å²) in [6, 6.07) is 21.9. The lowest BCUT2D eigenvalue weighted by atomic mass is 9.96. The van der Waals surface area contributed by atoms with Crippen LogP contribution < -0.4 is 14.2 Å². The summed E-state index contributed by atoms with van der Waals surface area (Å²) >= 11 is 1.69. The Morgan fingerprint density at radius 3 is 1.97 bits per heavy atom. The summed E-state index contributed by atoms with van der Waals surface area (Å²) in [6.45, 7) is 6.70. The summed E-state index contributed by atoms with van der Waals surface area (Å²) in [5.41, 5.74) is 3.99. The van der Waals surface area contributed by atoms with Gasteiger partial charge in [-0.15, -0.1) is 11.8 Å². The maximum Gasteiger partial charge on any atom is 0.341 e. The molecule has 0 unspecified atom stereocenters. The number of benzene rings is 3. The van der Waals surface area contributed by atoms with E-state index in [9.17, 15) is 4.79 Å². The van der Waals surface area contributed by atoms with Gasteiger partial charge in [-0.2, -0.15) is 0 Å². The van der Waals surface area contributed by atoms with E-state index in [2.05, 4.69) is 18.2 Å². The average Bonchev–Trinajstić information content (AvgIpc) is 2.83. The molecule has 0 aromatic heterocycles. The second-order valence-corrected chi connectivity index (χ2v) is 8.49. The molecule has 0 aliphatic carbocycles. The minimum Gasteiger partial charge on any atom is -0.493 e. The molecule has 3 aromatic rings. The molecule has 0 fully saturated rings. The van der Waals surface area contributed by atoms with Gasteiger partial charge in [0, 0.05) is 21.8 Å². The number of thioether (sulfide) groups is 1. The summed E-state index contributed by atoms with van der Waals surface area (Å²) in [6.07, 6.45) is 2.20. The molecule has 0 spiro atoms. The molecule has 0 aliphatic heterocycles. The van der Waals surface area contributed by atoms with Gasteiger partial charge in [-0.25, -0.2) is 4.79 Å². The van der Waals surface area contributed by atoms with Crippen LogP contribution in [0.15, 0.2) is 77.7 Å². The Balaban J connectivity index is 1.90. The van der Waals surface area contributed by atoms with E-state index >= 15 is 0 Å². The Labute approximate surface area is 205 Å². The molecular formula is C28H30O5S. The molecule has 5 nitrogen and oxygen atoms in total. The lowest BCUT2D eigenvalue weighted by Gasteiger charge is -2.17. The molecule has 1 N–H and O–H groups in total. The predicted molar refractivity (Wildman–Crippen MR) is 137 cm³/mol. The van der Waals surface area contributed by atoms with Crippen LogP contribution in [0.25, 0.3) is 5.57 Å². The molecule has 0 saturated carbocycles. The number of ether oxygens (including phenoxy) is 3. The van der Waals surface area contributed by atoms with Gasteiger partial charge in [0.25, 0.3) is 0 Å². The zero-order chi connectivity index (χ0) is 24.3. The van der Waals surface area contributed by atoms with Gasteiger partial charge >= 0.3 is 5.97 Å². The quantitative estimate of drug-likeness (QED) is 0.301. The third-order valence-electron chi connectivity index (χ3n) is 4.99. The molecule has 34 heavy (non-hydrogen) atoms. The number of hydrogen-bond donors (Lipinski definition) is 1. The smallest absolute Gasteiger partial charge is 0.341 e.